The second-order valence-corrected chi connectivity index (χ2v) is 3.71. The minimum Gasteiger partial charge on any atom is -0.369 e. The molecule has 1 N–H and O–H groups in total. The second-order valence-electron chi connectivity index (χ2n) is 3.71. The highest BCUT2D eigenvalue weighted by Crippen LogP contribution is 2.49. The number of halogens is 6. The van der Waals surface area contributed by atoms with Gasteiger partial charge in [0.2, 0.25) is 0 Å². The summed E-state index contributed by atoms with van der Waals surface area (Å²) in [7, 11) is 0. The van der Waals surface area contributed by atoms with E-state index in [9.17, 15) is 26.3 Å². The lowest BCUT2D eigenvalue weighted by atomic mass is 9.93. The zero-order chi connectivity index (χ0) is 14.9. The van der Waals surface area contributed by atoms with Crippen LogP contribution in [0.2, 0.25) is 0 Å². The van der Waals surface area contributed by atoms with E-state index in [2.05, 4.69) is 4.98 Å². The quantitative estimate of drug-likeness (QED) is 0.844. The van der Waals surface area contributed by atoms with Gasteiger partial charge in [0.25, 0.3) is 5.60 Å². The van der Waals surface area contributed by atoms with Crippen LogP contribution in [0.3, 0.4) is 0 Å². The zero-order valence-electron chi connectivity index (χ0n) is 9.55. The molecule has 0 saturated heterocycles. The van der Waals surface area contributed by atoms with Crippen LogP contribution in [-0.2, 0) is 5.60 Å². The van der Waals surface area contributed by atoms with Crippen molar-refractivity contribution in [3.8, 4) is 0 Å². The first-order chi connectivity index (χ1) is 8.54. The fraction of sp³-hybridized carbons (Fsp3) is 0.364. The van der Waals surface area contributed by atoms with Crippen LogP contribution < -0.4 is 0 Å². The largest absolute Gasteiger partial charge is 0.430 e. The number of hydrogen-bond acceptors (Lipinski definition) is 2. The lowest BCUT2D eigenvalue weighted by Gasteiger charge is -2.32. The molecule has 0 spiro atoms. The number of pyridine rings is 1. The van der Waals surface area contributed by atoms with Gasteiger partial charge in [0.15, 0.2) is 0 Å². The molecule has 0 unspecified atom stereocenters. The van der Waals surface area contributed by atoms with Gasteiger partial charge in [0.1, 0.15) is 0 Å². The Morgan fingerprint density at radius 1 is 1.05 bits per heavy atom. The third kappa shape index (κ3) is 2.73. The monoisotopic (exact) mass is 285 g/mol. The van der Waals surface area contributed by atoms with Gasteiger partial charge in [0.05, 0.1) is 0 Å². The number of rotatable bonds is 2. The molecule has 0 amide bonds. The predicted molar refractivity (Wildman–Crippen MR) is 55.0 cm³/mol. The Morgan fingerprint density at radius 2 is 1.58 bits per heavy atom. The molecule has 0 radical (unpaired) electrons. The van der Waals surface area contributed by atoms with Crippen LogP contribution in [0.25, 0.3) is 6.08 Å². The molecule has 8 heteroatoms. The Morgan fingerprint density at radius 3 is 2.00 bits per heavy atom. The molecule has 106 valence electrons. The van der Waals surface area contributed by atoms with Gasteiger partial charge >= 0.3 is 12.4 Å². The average molecular weight is 285 g/mol. The van der Waals surface area contributed by atoms with Gasteiger partial charge in [-0.2, -0.15) is 26.3 Å². The van der Waals surface area contributed by atoms with Crippen LogP contribution in [-0.4, -0.2) is 22.4 Å². The molecule has 1 aromatic rings. The van der Waals surface area contributed by atoms with Crippen molar-refractivity contribution < 1.29 is 31.4 Å². The minimum atomic E-state index is -5.90. The minimum absolute atomic E-state index is 0.0203. The normalized spacial score (nSPS) is 14.1. The van der Waals surface area contributed by atoms with Crippen LogP contribution >= 0.6 is 0 Å². The van der Waals surface area contributed by atoms with Crippen molar-refractivity contribution in [2.75, 3.05) is 0 Å². The molecule has 0 bridgehead atoms. The van der Waals surface area contributed by atoms with Crippen LogP contribution in [0.4, 0.5) is 26.3 Å². The van der Waals surface area contributed by atoms with Crippen molar-refractivity contribution in [2.45, 2.75) is 24.9 Å². The predicted octanol–water partition coefficient (Wildman–Crippen LogP) is 3.43. The van der Waals surface area contributed by atoms with Gasteiger partial charge in [-0.15, -0.1) is 0 Å². The van der Waals surface area contributed by atoms with Crippen LogP contribution in [0.15, 0.2) is 24.5 Å². The van der Waals surface area contributed by atoms with Crippen molar-refractivity contribution >= 4 is 6.08 Å². The lowest BCUT2D eigenvalue weighted by Crippen LogP contribution is -2.54. The molecule has 1 aromatic heterocycles. The molecule has 19 heavy (non-hydrogen) atoms. The van der Waals surface area contributed by atoms with Crippen LogP contribution in [0, 0.1) is 0 Å². The Bertz CT molecular complexity index is 463. The van der Waals surface area contributed by atoms with E-state index in [0.29, 0.717) is 12.3 Å². The summed E-state index contributed by atoms with van der Waals surface area (Å²) in [5, 5.41) is 9.13. The Hall–Kier alpha value is -1.57. The van der Waals surface area contributed by atoms with E-state index in [1.807, 2.05) is 0 Å². The number of aromatic nitrogens is 1. The van der Waals surface area contributed by atoms with E-state index in [1.54, 1.807) is 0 Å². The van der Waals surface area contributed by atoms with E-state index in [4.69, 9.17) is 5.11 Å². The standard InChI is InChI=1S/C11H9F6NO/c1-2-3-7-4-8(6-18-5-7)9(19,10(12,13)14)11(15,16)17/h2-6,19H,1H3. The van der Waals surface area contributed by atoms with Crippen molar-refractivity contribution in [3.05, 3.63) is 35.7 Å². The van der Waals surface area contributed by atoms with Gasteiger partial charge in [-0.1, -0.05) is 12.2 Å². The molecule has 1 heterocycles. The molecular weight excluding hydrogens is 276 g/mol. The first kappa shape index (κ1) is 15.5. The summed E-state index contributed by atoms with van der Waals surface area (Å²) in [4.78, 5) is 3.29. The van der Waals surface area contributed by atoms with Gasteiger partial charge in [-0.3, -0.25) is 4.98 Å². The van der Waals surface area contributed by atoms with Gasteiger partial charge in [-0.05, 0) is 18.6 Å². The molecular formula is C11H9F6NO. The van der Waals surface area contributed by atoms with Crippen molar-refractivity contribution in [2.24, 2.45) is 0 Å². The van der Waals surface area contributed by atoms with Crippen molar-refractivity contribution in [1.82, 2.24) is 4.98 Å². The first-order valence-corrected chi connectivity index (χ1v) is 4.98. The molecule has 0 atom stereocenters. The first-order valence-electron chi connectivity index (χ1n) is 4.98. The molecule has 0 aliphatic carbocycles. The summed E-state index contributed by atoms with van der Waals surface area (Å²) >= 11 is 0. The molecule has 0 aromatic carbocycles. The van der Waals surface area contributed by atoms with Crippen molar-refractivity contribution in [1.29, 1.82) is 0 Å². The van der Waals surface area contributed by atoms with E-state index in [-0.39, 0.29) is 5.56 Å². The van der Waals surface area contributed by atoms with E-state index < -0.39 is 23.5 Å². The van der Waals surface area contributed by atoms with E-state index in [0.717, 1.165) is 6.20 Å². The summed E-state index contributed by atoms with van der Waals surface area (Å²) in [6.45, 7) is 1.53. The van der Waals surface area contributed by atoms with Crippen LogP contribution in [0.5, 0.6) is 0 Å². The highest BCUT2D eigenvalue weighted by Gasteiger charge is 2.71. The maximum absolute atomic E-state index is 12.6. The van der Waals surface area contributed by atoms with E-state index in [1.165, 1.54) is 19.1 Å². The number of aliphatic hydroxyl groups is 1. The maximum Gasteiger partial charge on any atom is 0.430 e. The topological polar surface area (TPSA) is 33.1 Å². The third-order valence-electron chi connectivity index (χ3n) is 2.36. The van der Waals surface area contributed by atoms with Gasteiger partial charge < -0.3 is 5.11 Å². The SMILES string of the molecule is CC=Cc1cncc(C(O)(C(F)(F)F)C(F)(F)F)c1. The highest BCUT2D eigenvalue weighted by atomic mass is 19.4. The Labute approximate surface area is 104 Å². The Balaban J connectivity index is 3.47. The van der Waals surface area contributed by atoms with Crippen LogP contribution in [0.1, 0.15) is 18.1 Å². The molecule has 2 nitrogen and oxygen atoms in total. The fourth-order valence-corrected chi connectivity index (χ4v) is 1.43. The summed E-state index contributed by atoms with van der Waals surface area (Å²) in [5.74, 6) is 0. The number of alkyl halides is 6. The molecule has 0 saturated carbocycles. The van der Waals surface area contributed by atoms with Gasteiger partial charge in [-0.25, -0.2) is 0 Å². The average Bonchev–Trinajstić information content (AvgIpc) is 2.25. The smallest absolute Gasteiger partial charge is 0.369 e. The van der Waals surface area contributed by atoms with Crippen molar-refractivity contribution in [3.63, 3.8) is 0 Å². The number of nitrogens with zero attached hydrogens (tertiary/aromatic N) is 1. The molecule has 0 fully saturated rings. The van der Waals surface area contributed by atoms with Gasteiger partial charge in [0, 0.05) is 18.0 Å². The molecule has 1 rings (SSSR count). The molecule has 0 aliphatic heterocycles. The fourth-order valence-electron chi connectivity index (χ4n) is 1.43. The third-order valence-corrected chi connectivity index (χ3v) is 2.36. The maximum atomic E-state index is 12.6. The summed E-state index contributed by atoms with van der Waals surface area (Å²) in [6.07, 6.45) is -7.70. The molecule has 0 aliphatic rings. The number of hydrogen-bond donors (Lipinski definition) is 1. The summed E-state index contributed by atoms with van der Waals surface area (Å²) in [5.41, 5.74) is -6.29. The highest BCUT2D eigenvalue weighted by molar-refractivity contribution is 5.49. The number of allylic oxidation sites excluding steroid dienone is 1. The second kappa shape index (κ2) is 4.84. The zero-order valence-corrected chi connectivity index (χ0v) is 9.55. The Kier molecular flexibility index (Phi) is 3.94. The summed E-state index contributed by atoms with van der Waals surface area (Å²) < 4.78 is 75.5. The lowest BCUT2D eigenvalue weighted by molar-refractivity contribution is -0.376. The van der Waals surface area contributed by atoms with E-state index >= 15 is 0 Å². The summed E-state index contributed by atoms with van der Waals surface area (Å²) in [6, 6.07) is 0.591.